The SMILES string of the molecule is COc1ccc(NC(=O)C(F)(F)C(F)(F)F)c(N)c1. The van der Waals surface area contributed by atoms with Crippen LogP contribution in [0.2, 0.25) is 0 Å². The first-order valence-electron chi connectivity index (χ1n) is 4.79. The summed E-state index contributed by atoms with van der Waals surface area (Å²) in [4.78, 5) is 10.9. The number of halogens is 5. The van der Waals surface area contributed by atoms with Gasteiger partial charge in [0, 0.05) is 6.07 Å². The molecule has 1 amide bonds. The fourth-order valence-corrected chi connectivity index (χ4v) is 1.11. The van der Waals surface area contributed by atoms with E-state index in [0.717, 1.165) is 6.07 Å². The van der Waals surface area contributed by atoms with E-state index in [0.29, 0.717) is 0 Å². The van der Waals surface area contributed by atoms with Crippen LogP contribution in [0.4, 0.5) is 33.3 Å². The molecule has 0 radical (unpaired) electrons. The number of nitrogens with two attached hydrogens (primary N) is 1. The maximum atomic E-state index is 12.7. The van der Waals surface area contributed by atoms with Crippen LogP contribution in [0.15, 0.2) is 18.2 Å². The topological polar surface area (TPSA) is 64.3 Å². The second-order valence-corrected chi connectivity index (χ2v) is 3.48. The van der Waals surface area contributed by atoms with Crippen LogP contribution in [0.25, 0.3) is 0 Å². The fourth-order valence-electron chi connectivity index (χ4n) is 1.11. The number of benzene rings is 1. The lowest BCUT2D eigenvalue weighted by atomic mass is 10.2. The summed E-state index contributed by atoms with van der Waals surface area (Å²) in [5.41, 5.74) is 4.81. The summed E-state index contributed by atoms with van der Waals surface area (Å²) in [7, 11) is 1.31. The number of hydrogen-bond acceptors (Lipinski definition) is 3. The molecular formula is C10H9F5N2O2. The van der Waals surface area contributed by atoms with Crippen molar-refractivity contribution >= 4 is 17.3 Å². The number of hydrogen-bond donors (Lipinski definition) is 2. The highest BCUT2D eigenvalue weighted by Crippen LogP contribution is 2.37. The molecule has 0 unspecified atom stereocenters. The zero-order valence-corrected chi connectivity index (χ0v) is 9.52. The van der Waals surface area contributed by atoms with Gasteiger partial charge in [-0.1, -0.05) is 0 Å². The second kappa shape index (κ2) is 4.90. The van der Waals surface area contributed by atoms with Gasteiger partial charge in [0.2, 0.25) is 0 Å². The van der Waals surface area contributed by atoms with Gasteiger partial charge in [0.1, 0.15) is 5.75 Å². The van der Waals surface area contributed by atoms with Crippen molar-refractivity contribution in [3.05, 3.63) is 18.2 Å². The van der Waals surface area contributed by atoms with E-state index < -0.39 is 18.0 Å². The molecule has 0 fully saturated rings. The van der Waals surface area contributed by atoms with Crippen molar-refractivity contribution < 1.29 is 31.5 Å². The highest BCUT2D eigenvalue weighted by molar-refractivity contribution is 5.99. The molecule has 0 saturated carbocycles. The van der Waals surface area contributed by atoms with Gasteiger partial charge in [-0.3, -0.25) is 4.79 Å². The van der Waals surface area contributed by atoms with Crippen molar-refractivity contribution in [3.8, 4) is 5.75 Å². The van der Waals surface area contributed by atoms with Crippen molar-refractivity contribution in [2.45, 2.75) is 12.1 Å². The highest BCUT2D eigenvalue weighted by Gasteiger charge is 2.63. The van der Waals surface area contributed by atoms with E-state index in [-0.39, 0.29) is 17.1 Å². The van der Waals surface area contributed by atoms with Crippen molar-refractivity contribution in [2.24, 2.45) is 0 Å². The smallest absolute Gasteiger partial charge is 0.463 e. The minimum atomic E-state index is -5.97. The number of alkyl halides is 5. The molecule has 0 atom stereocenters. The van der Waals surface area contributed by atoms with E-state index in [4.69, 9.17) is 10.5 Å². The highest BCUT2D eigenvalue weighted by atomic mass is 19.4. The molecule has 0 aliphatic heterocycles. The van der Waals surface area contributed by atoms with Crippen LogP contribution in [0, 0.1) is 0 Å². The molecule has 0 heterocycles. The van der Waals surface area contributed by atoms with E-state index >= 15 is 0 Å². The average molecular weight is 284 g/mol. The average Bonchev–Trinajstić information content (AvgIpc) is 2.30. The number of amides is 1. The maximum absolute atomic E-state index is 12.7. The number of rotatable bonds is 3. The number of nitrogen functional groups attached to an aromatic ring is 1. The number of anilines is 2. The molecule has 4 nitrogen and oxygen atoms in total. The number of nitrogens with one attached hydrogen (secondary N) is 1. The standard InChI is InChI=1S/C10H9F5N2O2/c1-19-5-2-3-7(6(16)4-5)17-8(18)9(11,12)10(13,14)15/h2-4H,16H2,1H3,(H,17,18). The Bertz CT molecular complexity index is 487. The van der Waals surface area contributed by atoms with Gasteiger partial charge in [0.25, 0.3) is 0 Å². The monoisotopic (exact) mass is 284 g/mol. The molecule has 1 aromatic rings. The third-order valence-corrected chi connectivity index (χ3v) is 2.15. The van der Waals surface area contributed by atoms with E-state index in [1.54, 1.807) is 0 Å². The first kappa shape index (κ1) is 15.0. The van der Waals surface area contributed by atoms with E-state index in [1.165, 1.54) is 24.6 Å². The summed E-state index contributed by atoms with van der Waals surface area (Å²) in [5, 5.41) is 1.42. The third kappa shape index (κ3) is 3.04. The van der Waals surface area contributed by atoms with Gasteiger partial charge in [0.05, 0.1) is 18.5 Å². The summed E-state index contributed by atoms with van der Waals surface area (Å²) in [6, 6.07) is 3.47. The van der Waals surface area contributed by atoms with Gasteiger partial charge >= 0.3 is 18.0 Å². The van der Waals surface area contributed by atoms with Crippen LogP contribution < -0.4 is 15.8 Å². The Balaban J connectivity index is 2.95. The van der Waals surface area contributed by atoms with Crippen molar-refractivity contribution in [1.29, 1.82) is 0 Å². The zero-order valence-electron chi connectivity index (χ0n) is 9.52. The predicted octanol–water partition coefficient (Wildman–Crippen LogP) is 2.41. The lowest BCUT2D eigenvalue weighted by Gasteiger charge is -2.19. The lowest BCUT2D eigenvalue weighted by Crippen LogP contribution is -2.47. The first-order valence-corrected chi connectivity index (χ1v) is 4.79. The van der Waals surface area contributed by atoms with Gasteiger partial charge in [-0.2, -0.15) is 22.0 Å². The first-order chi connectivity index (χ1) is 8.59. The number of carbonyl (C=O) groups is 1. The predicted molar refractivity (Wildman–Crippen MR) is 57.0 cm³/mol. The maximum Gasteiger partial charge on any atom is 0.463 e. The van der Waals surface area contributed by atoms with Gasteiger partial charge < -0.3 is 15.8 Å². The summed E-state index contributed by atoms with van der Waals surface area (Å²) in [5.74, 6) is -7.74. The van der Waals surface area contributed by atoms with Crippen LogP contribution >= 0.6 is 0 Å². The Hall–Kier alpha value is -2.06. The largest absolute Gasteiger partial charge is 0.497 e. The molecule has 1 rings (SSSR count). The Labute approximate surface area is 104 Å². The normalized spacial score (nSPS) is 12.1. The van der Waals surface area contributed by atoms with Crippen molar-refractivity contribution in [3.63, 3.8) is 0 Å². The summed E-state index contributed by atoms with van der Waals surface area (Å²) < 4.78 is 66.0. The summed E-state index contributed by atoms with van der Waals surface area (Å²) >= 11 is 0. The molecule has 0 bridgehead atoms. The van der Waals surface area contributed by atoms with Crippen LogP contribution in [-0.2, 0) is 4.79 Å². The summed E-state index contributed by atoms with van der Waals surface area (Å²) in [6.07, 6.45) is -5.97. The minimum Gasteiger partial charge on any atom is -0.497 e. The van der Waals surface area contributed by atoms with Gasteiger partial charge in [0.15, 0.2) is 0 Å². The Kier molecular flexibility index (Phi) is 3.87. The van der Waals surface area contributed by atoms with Crippen LogP contribution in [0.5, 0.6) is 5.75 Å². The molecule has 0 saturated heterocycles. The molecule has 1 aromatic carbocycles. The van der Waals surface area contributed by atoms with E-state index in [9.17, 15) is 26.7 Å². The minimum absolute atomic E-state index is 0.203. The van der Waals surface area contributed by atoms with Gasteiger partial charge in [-0.15, -0.1) is 0 Å². The molecule has 0 aliphatic carbocycles. The molecule has 0 spiro atoms. The lowest BCUT2D eigenvalue weighted by molar-refractivity contribution is -0.267. The van der Waals surface area contributed by atoms with Gasteiger partial charge in [-0.25, -0.2) is 0 Å². The number of carbonyl (C=O) groups excluding carboxylic acids is 1. The van der Waals surface area contributed by atoms with Gasteiger partial charge in [-0.05, 0) is 12.1 Å². The molecular weight excluding hydrogens is 275 g/mol. The Morgan fingerprint density at radius 3 is 2.26 bits per heavy atom. The van der Waals surface area contributed by atoms with E-state index in [2.05, 4.69) is 0 Å². The molecule has 3 N–H and O–H groups in total. The molecule has 19 heavy (non-hydrogen) atoms. The van der Waals surface area contributed by atoms with Crippen molar-refractivity contribution in [1.82, 2.24) is 0 Å². The van der Waals surface area contributed by atoms with Crippen LogP contribution in [0.1, 0.15) is 0 Å². The number of methoxy groups -OCH3 is 1. The zero-order chi connectivity index (χ0) is 14.8. The fraction of sp³-hybridized carbons (Fsp3) is 0.300. The summed E-state index contributed by atoms with van der Waals surface area (Å²) in [6.45, 7) is 0. The molecule has 106 valence electrons. The van der Waals surface area contributed by atoms with Crippen LogP contribution in [0.3, 0.4) is 0 Å². The van der Waals surface area contributed by atoms with E-state index in [1.807, 2.05) is 0 Å². The third-order valence-electron chi connectivity index (χ3n) is 2.15. The Morgan fingerprint density at radius 2 is 1.84 bits per heavy atom. The second-order valence-electron chi connectivity index (χ2n) is 3.48. The van der Waals surface area contributed by atoms with Crippen LogP contribution in [-0.4, -0.2) is 25.1 Å². The van der Waals surface area contributed by atoms with Crippen molar-refractivity contribution in [2.75, 3.05) is 18.2 Å². The Morgan fingerprint density at radius 1 is 1.26 bits per heavy atom. The number of ether oxygens (including phenoxy) is 1. The quantitative estimate of drug-likeness (QED) is 0.661. The molecule has 0 aliphatic rings. The molecule has 0 aromatic heterocycles. The molecule has 9 heteroatoms.